The van der Waals surface area contributed by atoms with Crippen molar-refractivity contribution in [1.29, 1.82) is 0 Å². The molecule has 0 spiro atoms. The second-order valence-electron chi connectivity index (χ2n) is 3.82. The van der Waals surface area contributed by atoms with Crippen LogP contribution in [0, 0.1) is 0 Å². The van der Waals surface area contributed by atoms with E-state index in [0.29, 0.717) is 12.6 Å². The predicted molar refractivity (Wildman–Crippen MR) is 50.5 cm³/mol. The topological polar surface area (TPSA) is 44.4 Å². The maximum atomic E-state index is 11.1. The van der Waals surface area contributed by atoms with Gasteiger partial charge in [0.15, 0.2) is 0 Å². The molecule has 2 fully saturated rings. The number of nitrogens with zero attached hydrogens (tertiary/aromatic N) is 1. The molecule has 2 N–H and O–H groups in total. The Hall–Kier alpha value is -0.610. The van der Waals surface area contributed by atoms with Gasteiger partial charge < -0.3 is 10.6 Å². The second-order valence-corrected chi connectivity index (χ2v) is 3.82. The Balaban J connectivity index is 1.87. The molecule has 13 heavy (non-hydrogen) atoms. The van der Waals surface area contributed by atoms with E-state index in [-0.39, 0.29) is 5.91 Å². The van der Waals surface area contributed by atoms with Crippen LogP contribution < -0.4 is 10.6 Å². The maximum Gasteiger partial charge on any atom is 0.234 e. The lowest BCUT2D eigenvalue weighted by molar-refractivity contribution is -0.125. The van der Waals surface area contributed by atoms with Gasteiger partial charge in [0.1, 0.15) is 0 Å². The molecule has 0 radical (unpaired) electrons. The third kappa shape index (κ3) is 2.19. The molecule has 2 aliphatic heterocycles. The van der Waals surface area contributed by atoms with Crippen molar-refractivity contribution in [3.8, 4) is 0 Å². The minimum absolute atomic E-state index is 0.178. The summed E-state index contributed by atoms with van der Waals surface area (Å²) in [4.78, 5) is 13.4. The molecule has 0 unspecified atom stereocenters. The average molecular weight is 183 g/mol. The van der Waals surface area contributed by atoms with Gasteiger partial charge in [-0.15, -0.1) is 0 Å². The summed E-state index contributed by atoms with van der Waals surface area (Å²) in [5.74, 6) is 0.178. The zero-order valence-electron chi connectivity index (χ0n) is 7.88. The molecule has 1 amide bonds. The van der Waals surface area contributed by atoms with Crippen LogP contribution in [0.2, 0.25) is 0 Å². The lowest BCUT2D eigenvalue weighted by Crippen LogP contribution is -2.55. The van der Waals surface area contributed by atoms with Crippen LogP contribution in [0.25, 0.3) is 0 Å². The van der Waals surface area contributed by atoms with E-state index in [1.165, 1.54) is 12.8 Å². The van der Waals surface area contributed by atoms with Crippen molar-refractivity contribution >= 4 is 5.91 Å². The summed E-state index contributed by atoms with van der Waals surface area (Å²) in [6, 6.07) is 0.583. The first-order valence-electron chi connectivity index (χ1n) is 5.08. The number of hydrogen-bond donors (Lipinski definition) is 2. The Bertz CT molecular complexity index is 189. The molecule has 2 heterocycles. The van der Waals surface area contributed by atoms with Crippen molar-refractivity contribution < 1.29 is 4.79 Å². The molecular weight excluding hydrogens is 166 g/mol. The van der Waals surface area contributed by atoms with Gasteiger partial charge in [0.25, 0.3) is 0 Å². The number of amides is 1. The first-order valence-corrected chi connectivity index (χ1v) is 5.08. The fraction of sp³-hybridized carbons (Fsp3) is 0.889. The fourth-order valence-corrected chi connectivity index (χ4v) is 2.12. The maximum absolute atomic E-state index is 11.1. The van der Waals surface area contributed by atoms with Crippen LogP contribution in [0.4, 0.5) is 0 Å². The first kappa shape index (κ1) is 8.97. The lowest BCUT2D eigenvalue weighted by atomic mass is 10.1. The summed E-state index contributed by atoms with van der Waals surface area (Å²) in [6.07, 6.45) is 2.48. The highest BCUT2D eigenvalue weighted by atomic mass is 16.2. The SMILES string of the molecule is O=C1CN([C@H]2CCCNC2)CCN1. The van der Waals surface area contributed by atoms with Crippen LogP contribution in [-0.2, 0) is 4.79 Å². The van der Waals surface area contributed by atoms with E-state index < -0.39 is 0 Å². The highest BCUT2D eigenvalue weighted by molar-refractivity contribution is 5.78. The Kier molecular flexibility index (Phi) is 2.80. The monoisotopic (exact) mass is 183 g/mol. The number of piperidine rings is 1. The van der Waals surface area contributed by atoms with Gasteiger partial charge in [0, 0.05) is 25.7 Å². The summed E-state index contributed by atoms with van der Waals surface area (Å²) < 4.78 is 0. The summed E-state index contributed by atoms with van der Waals surface area (Å²) in [5, 5.41) is 6.22. The number of hydrogen-bond acceptors (Lipinski definition) is 3. The Morgan fingerprint density at radius 2 is 2.31 bits per heavy atom. The number of carbonyl (C=O) groups excluding carboxylic acids is 1. The minimum Gasteiger partial charge on any atom is -0.354 e. The van der Waals surface area contributed by atoms with E-state index in [1.807, 2.05) is 0 Å². The Morgan fingerprint density at radius 1 is 1.38 bits per heavy atom. The van der Waals surface area contributed by atoms with Crippen LogP contribution in [0.1, 0.15) is 12.8 Å². The fourth-order valence-electron chi connectivity index (χ4n) is 2.12. The highest BCUT2D eigenvalue weighted by Crippen LogP contribution is 2.10. The summed E-state index contributed by atoms with van der Waals surface area (Å²) in [7, 11) is 0. The molecule has 0 saturated carbocycles. The van der Waals surface area contributed by atoms with Gasteiger partial charge in [-0.25, -0.2) is 0 Å². The van der Waals surface area contributed by atoms with Gasteiger partial charge in [0.2, 0.25) is 5.91 Å². The smallest absolute Gasteiger partial charge is 0.234 e. The largest absolute Gasteiger partial charge is 0.354 e. The standard InChI is InChI=1S/C9H17N3O/c13-9-7-12(5-4-11-9)8-2-1-3-10-6-8/h8,10H,1-7H2,(H,11,13)/t8-/m0/s1. The van der Waals surface area contributed by atoms with Crippen molar-refractivity contribution in [3.05, 3.63) is 0 Å². The van der Waals surface area contributed by atoms with Crippen molar-refractivity contribution in [3.63, 3.8) is 0 Å². The van der Waals surface area contributed by atoms with Gasteiger partial charge in [0.05, 0.1) is 6.54 Å². The van der Waals surface area contributed by atoms with Crippen LogP contribution in [0.3, 0.4) is 0 Å². The van der Waals surface area contributed by atoms with Gasteiger partial charge in [-0.3, -0.25) is 9.69 Å². The number of rotatable bonds is 1. The van der Waals surface area contributed by atoms with Crippen LogP contribution in [0.5, 0.6) is 0 Å². The van der Waals surface area contributed by atoms with Crippen LogP contribution in [-0.4, -0.2) is 49.6 Å². The molecule has 0 aliphatic carbocycles. The van der Waals surface area contributed by atoms with Gasteiger partial charge in [-0.2, -0.15) is 0 Å². The van der Waals surface area contributed by atoms with Gasteiger partial charge in [-0.1, -0.05) is 0 Å². The van der Waals surface area contributed by atoms with E-state index in [4.69, 9.17) is 0 Å². The third-order valence-electron chi connectivity index (χ3n) is 2.86. The molecule has 0 aromatic rings. The molecule has 0 aromatic carbocycles. The Morgan fingerprint density at radius 3 is 3.00 bits per heavy atom. The quantitative estimate of drug-likeness (QED) is 0.558. The first-order chi connectivity index (χ1) is 6.36. The molecular formula is C9H17N3O. The van der Waals surface area contributed by atoms with Crippen molar-refractivity contribution in [2.24, 2.45) is 0 Å². The van der Waals surface area contributed by atoms with Crippen LogP contribution in [0.15, 0.2) is 0 Å². The summed E-state index contributed by atoms with van der Waals surface area (Å²) in [6.45, 7) is 4.60. The molecule has 2 rings (SSSR count). The molecule has 4 nitrogen and oxygen atoms in total. The molecule has 1 atom stereocenters. The predicted octanol–water partition coefficient (Wildman–Crippen LogP) is -0.830. The molecule has 4 heteroatoms. The van der Waals surface area contributed by atoms with Gasteiger partial charge >= 0.3 is 0 Å². The van der Waals surface area contributed by atoms with E-state index in [9.17, 15) is 4.79 Å². The molecule has 0 bridgehead atoms. The minimum atomic E-state index is 0.178. The zero-order chi connectivity index (χ0) is 9.10. The summed E-state index contributed by atoms with van der Waals surface area (Å²) in [5.41, 5.74) is 0. The van der Waals surface area contributed by atoms with E-state index in [2.05, 4.69) is 15.5 Å². The highest BCUT2D eigenvalue weighted by Gasteiger charge is 2.24. The molecule has 0 aromatic heterocycles. The average Bonchev–Trinajstić information content (AvgIpc) is 2.19. The molecule has 74 valence electrons. The number of carbonyl (C=O) groups is 1. The van der Waals surface area contributed by atoms with E-state index in [0.717, 1.165) is 26.2 Å². The van der Waals surface area contributed by atoms with Crippen molar-refractivity contribution in [1.82, 2.24) is 15.5 Å². The zero-order valence-corrected chi connectivity index (χ0v) is 7.88. The van der Waals surface area contributed by atoms with E-state index in [1.54, 1.807) is 0 Å². The van der Waals surface area contributed by atoms with Crippen molar-refractivity contribution in [2.45, 2.75) is 18.9 Å². The molecule has 2 saturated heterocycles. The number of nitrogens with one attached hydrogen (secondary N) is 2. The third-order valence-corrected chi connectivity index (χ3v) is 2.86. The molecule has 2 aliphatic rings. The normalized spacial score (nSPS) is 31.4. The second kappa shape index (κ2) is 4.07. The summed E-state index contributed by atoms with van der Waals surface area (Å²) >= 11 is 0. The Labute approximate surface area is 78.7 Å². The lowest BCUT2D eigenvalue weighted by Gasteiger charge is -2.36. The van der Waals surface area contributed by atoms with Crippen LogP contribution >= 0.6 is 0 Å². The van der Waals surface area contributed by atoms with Crippen molar-refractivity contribution in [2.75, 3.05) is 32.7 Å². The van der Waals surface area contributed by atoms with E-state index >= 15 is 0 Å². The number of piperazine rings is 1. The van der Waals surface area contributed by atoms with Gasteiger partial charge in [-0.05, 0) is 19.4 Å².